The van der Waals surface area contributed by atoms with Gasteiger partial charge >= 0.3 is 0 Å². The lowest BCUT2D eigenvalue weighted by Crippen LogP contribution is -2.21. The van der Waals surface area contributed by atoms with Crippen LogP contribution in [-0.4, -0.2) is 11.7 Å². The Morgan fingerprint density at radius 3 is 2.21 bits per heavy atom. The Bertz CT molecular complexity index is 556. The van der Waals surface area contributed by atoms with Crippen molar-refractivity contribution in [3.05, 3.63) is 70.2 Å². The highest BCUT2D eigenvalue weighted by Crippen LogP contribution is 2.34. The largest absolute Gasteiger partial charge is 0.388 e. The van der Waals surface area contributed by atoms with Crippen molar-refractivity contribution in [2.24, 2.45) is 5.73 Å². The fraction of sp³-hybridized carbons (Fsp3) is 0.250. The first-order valence-electron chi connectivity index (χ1n) is 6.33. The number of rotatable bonds is 4. The number of nitrogens with two attached hydrogens (primary N) is 1. The second-order valence-corrected chi connectivity index (χ2v) is 5.07. The summed E-state index contributed by atoms with van der Waals surface area (Å²) in [6.45, 7) is 2.40. The molecule has 0 aromatic heterocycles. The Labute approximate surface area is 118 Å². The second-order valence-electron chi connectivity index (χ2n) is 4.67. The summed E-state index contributed by atoms with van der Waals surface area (Å²) < 4.78 is 0. The first-order valence-corrected chi connectivity index (χ1v) is 6.71. The van der Waals surface area contributed by atoms with Crippen LogP contribution in [0.2, 0.25) is 5.02 Å². The summed E-state index contributed by atoms with van der Waals surface area (Å²) in [5.41, 5.74) is 8.78. The normalized spacial score (nSPS) is 14.1. The van der Waals surface area contributed by atoms with Crippen molar-refractivity contribution >= 4 is 11.6 Å². The van der Waals surface area contributed by atoms with Crippen LogP contribution < -0.4 is 5.73 Å². The summed E-state index contributed by atoms with van der Waals surface area (Å²) in [5, 5.41) is 11.1. The van der Waals surface area contributed by atoms with Crippen molar-refractivity contribution < 1.29 is 5.11 Å². The fourth-order valence-corrected chi connectivity index (χ4v) is 2.61. The van der Waals surface area contributed by atoms with E-state index in [9.17, 15) is 5.11 Å². The fourth-order valence-electron chi connectivity index (χ4n) is 2.36. The molecule has 0 heterocycles. The van der Waals surface area contributed by atoms with Crippen LogP contribution in [0.15, 0.2) is 48.5 Å². The molecule has 0 bridgehead atoms. The van der Waals surface area contributed by atoms with Gasteiger partial charge in [0.1, 0.15) is 0 Å². The van der Waals surface area contributed by atoms with Crippen LogP contribution in [0.25, 0.3) is 0 Å². The summed E-state index contributed by atoms with van der Waals surface area (Å²) in [5.74, 6) is -0.152. The van der Waals surface area contributed by atoms with Gasteiger partial charge in [-0.05, 0) is 29.7 Å². The average molecular weight is 276 g/mol. The van der Waals surface area contributed by atoms with Crippen molar-refractivity contribution in [1.29, 1.82) is 0 Å². The minimum Gasteiger partial charge on any atom is -0.388 e. The monoisotopic (exact) mass is 275 g/mol. The maximum atomic E-state index is 10.6. The highest BCUT2D eigenvalue weighted by atomic mass is 35.5. The van der Waals surface area contributed by atoms with Gasteiger partial charge in [0, 0.05) is 17.5 Å². The molecule has 0 saturated heterocycles. The molecule has 0 aliphatic heterocycles. The Hall–Kier alpha value is -1.35. The highest BCUT2D eigenvalue weighted by molar-refractivity contribution is 6.31. The Balaban J connectivity index is 2.38. The van der Waals surface area contributed by atoms with Crippen LogP contribution in [0, 0.1) is 6.92 Å². The van der Waals surface area contributed by atoms with Crippen LogP contribution in [0.4, 0.5) is 0 Å². The minimum atomic E-state index is -0.695. The lowest BCUT2D eigenvalue weighted by Gasteiger charge is -2.24. The summed E-state index contributed by atoms with van der Waals surface area (Å²) in [6.07, 6.45) is -0.695. The summed E-state index contributed by atoms with van der Waals surface area (Å²) in [6, 6.07) is 15.3. The number of benzene rings is 2. The smallest absolute Gasteiger partial charge is 0.0885 e. The van der Waals surface area contributed by atoms with Crippen LogP contribution in [0.3, 0.4) is 0 Å². The number of halogens is 1. The minimum absolute atomic E-state index is 0.152. The standard InChI is InChI=1S/C16H18ClNO/c1-11-6-2-3-7-12(11)14(10-18)16(19)13-8-4-5-9-15(13)17/h2-9,14,16,19H,10,18H2,1H3. The van der Waals surface area contributed by atoms with E-state index >= 15 is 0 Å². The van der Waals surface area contributed by atoms with Gasteiger partial charge < -0.3 is 10.8 Å². The summed E-state index contributed by atoms with van der Waals surface area (Å²) in [4.78, 5) is 0. The number of hydrogen-bond donors (Lipinski definition) is 2. The lowest BCUT2D eigenvalue weighted by molar-refractivity contribution is 0.147. The molecular weight excluding hydrogens is 258 g/mol. The quantitative estimate of drug-likeness (QED) is 0.898. The van der Waals surface area contributed by atoms with Crippen LogP contribution in [-0.2, 0) is 0 Å². The van der Waals surface area contributed by atoms with E-state index < -0.39 is 6.10 Å². The van der Waals surface area contributed by atoms with E-state index in [2.05, 4.69) is 0 Å². The molecular formula is C16H18ClNO. The average Bonchev–Trinajstić information content (AvgIpc) is 2.42. The van der Waals surface area contributed by atoms with Crippen molar-refractivity contribution in [3.63, 3.8) is 0 Å². The lowest BCUT2D eigenvalue weighted by atomic mass is 9.87. The third-order valence-corrected chi connectivity index (χ3v) is 3.79. The first kappa shape index (κ1) is 14.1. The van der Waals surface area contributed by atoms with Gasteiger partial charge in [-0.15, -0.1) is 0 Å². The number of hydrogen-bond acceptors (Lipinski definition) is 2. The van der Waals surface area contributed by atoms with Gasteiger partial charge in [0.05, 0.1) is 6.10 Å². The van der Waals surface area contributed by atoms with Gasteiger partial charge in [0.2, 0.25) is 0 Å². The predicted molar refractivity (Wildman–Crippen MR) is 79.4 cm³/mol. The summed E-state index contributed by atoms with van der Waals surface area (Å²) in [7, 11) is 0. The van der Waals surface area contributed by atoms with E-state index in [0.29, 0.717) is 11.6 Å². The molecule has 0 saturated carbocycles. The maximum absolute atomic E-state index is 10.6. The Morgan fingerprint density at radius 2 is 1.63 bits per heavy atom. The van der Waals surface area contributed by atoms with E-state index in [1.54, 1.807) is 6.07 Å². The molecule has 3 heteroatoms. The number of aliphatic hydroxyl groups excluding tert-OH is 1. The third-order valence-electron chi connectivity index (χ3n) is 3.45. The van der Waals surface area contributed by atoms with E-state index in [4.69, 9.17) is 17.3 Å². The molecule has 0 radical (unpaired) electrons. The number of aryl methyl sites for hydroxylation is 1. The zero-order valence-electron chi connectivity index (χ0n) is 10.9. The Kier molecular flexibility index (Phi) is 4.59. The van der Waals surface area contributed by atoms with Gasteiger partial charge in [-0.25, -0.2) is 0 Å². The van der Waals surface area contributed by atoms with Gasteiger partial charge in [-0.2, -0.15) is 0 Å². The van der Waals surface area contributed by atoms with Crippen LogP contribution in [0.1, 0.15) is 28.7 Å². The molecule has 2 rings (SSSR count). The van der Waals surface area contributed by atoms with Crippen LogP contribution in [0.5, 0.6) is 0 Å². The van der Waals surface area contributed by atoms with E-state index in [1.807, 2.05) is 49.4 Å². The zero-order valence-corrected chi connectivity index (χ0v) is 11.6. The molecule has 3 N–H and O–H groups in total. The number of aliphatic hydroxyl groups is 1. The van der Waals surface area contributed by atoms with Gasteiger partial charge in [0.25, 0.3) is 0 Å². The topological polar surface area (TPSA) is 46.2 Å². The predicted octanol–water partition coefficient (Wildman–Crippen LogP) is 3.42. The van der Waals surface area contributed by atoms with E-state index in [-0.39, 0.29) is 5.92 Å². The zero-order chi connectivity index (χ0) is 13.8. The molecule has 2 nitrogen and oxygen atoms in total. The SMILES string of the molecule is Cc1ccccc1C(CN)C(O)c1ccccc1Cl. The first-order chi connectivity index (χ1) is 9.15. The molecule has 2 aromatic carbocycles. The van der Waals surface area contributed by atoms with Crippen molar-refractivity contribution in [3.8, 4) is 0 Å². The molecule has 0 aliphatic rings. The van der Waals surface area contributed by atoms with Gasteiger partial charge in [-0.3, -0.25) is 0 Å². The Morgan fingerprint density at radius 1 is 1.05 bits per heavy atom. The van der Waals surface area contributed by atoms with Crippen LogP contribution >= 0.6 is 11.6 Å². The van der Waals surface area contributed by atoms with Crippen molar-refractivity contribution in [2.45, 2.75) is 18.9 Å². The van der Waals surface area contributed by atoms with E-state index in [0.717, 1.165) is 16.7 Å². The van der Waals surface area contributed by atoms with Crippen molar-refractivity contribution in [1.82, 2.24) is 0 Å². The second kappa shape index (κ2) is 6.20. The molecule has 100 valence electrons. The third kappa shape index (κ3) is 2.98. The molecule has 0 spiro atoms. The van der Waals surface area contributed by atoms with Gasteiger partial charge in [-0.1, -0.05) is 54.1 Å². The molecule has 0 fully saturated rings. The molecule has 19 heavy (non-hydrogen) atoms. The molecule has 0 amide bonds. The summed E-state index contributed by atoms with van der Waals surface area (Å²) >= 11 is 6.15. The van der Waals surface area contributed by atoms with E-state index in [1.165, 1.54) is 0 Å². The molecule has 2 aromatic rings. The highest BCUT2D eigenvalue weighted by Gasteiger charge is 2.24. The maximum Gasteiger partial charge on any atom is 0.0885 e. The van der Waals surface area contributed by atoms with Gasteiger partial charge in [0.15, 0.2) is 0 Å². The molecule has 0 aliphatic carbocycles. The van der Waals surface area contributed by atoms with Crippen molar-refractivity contribution in [2.75, 3.05) is 6.54 Å². The molecule has 2 unspecified atom stereocenters. The molecule has 2 atom stereocenters.